The molecule has 2 aromatic heterocycles. The number of rotatable bonds is 2. The van der Waals surface area contributed by atoms with Gasteiger partial charge >= 0.3 is 5.97 Å². The molecule has 0 saturated carbocycles. The van der Waals surface area contributed by atoms with Crippen LogP contribution in [0.1, 0.15) is 15.9 Å². The molecular formula is C14H10FN3O2. The smallest absolute Gasteiger partial charge is 0.337 e. The number of imidazole rings is 1. The molecule has 0 fully saturated rings. The fraction of sp³-hybridized carbons (Fsp3) is 0.0714. The van der Waals surface area contributed by atoms with Gasteiger partial charge in [-0.25, -0.2) is 19.2 Å². The minimum absolute atomic E-state index is 0.0866. The maximum absolute atomic E-state index is 13.1. The van der Waals surface area contributed by atoms with Crippen molar-refractivity contribution in [1.82, 2.24) is 15.0 Å². The van der Waals surface area contributed by atoms with Crippen LogP contribution in [0.15, 0.2) is 30.5 Å². The van der Waals surface area contributed by atoms with Gasteiger partial charge in [0.05, 0.1) is 11.1 Å². The Morgan fingerprint density at radius 2 is 2.15 bits per heavy atom. The van der Waals surface area contributed by atoms with Crippen molar-refractivity contribution >= 4 is 17.1 Å². The van der Waals surface area contributed by atoms with Gasteiger partial charge in [0.2, 0.25) is 0 Å². The summed E-state index contributed by atoms with van der Waals surface area (Å²) >= 11 is 0. The summed E-state index contributed by atoms with van der Waals surface area (Å²) in [5, 5.41) is 8.93. The molecular weight excluding hydrogens is 261 g/mol. The highest BCUT2D eigenvalue weighted by molar-refractivity contribution is 5.91. The first-order valence-electron chi connectivity index (χ1n) is 5.90. The summed E-state index contributed by atoms with van der Waals surface area (Å²) in [6, 6.07) is 5.87. The number of H-pyrrole nitrogens is 1. The number of aromatic carboxylic acids is 1. The van der Waals surface area contributed by atoms with Crippen LogP contribution in [0.5, 0.6) is 0 Å². The van der Waals surface area contributed by atoms with Gasteiger partial charge in [0, 0.05) is 11.8 Å². The van der Waals surface area contributed by atoms with Gasteiger partial charge < -0.3 is 10.1 Å². The van der Waals surface area contributed by atoms with Gasteiger partial charge in [0.1, 0.15) is 11.6 Å². The largest absolute Gasteiger partial charge is 0.478 e. The van der Waals surface area contributed by atoms with Crippen molar-refractivity contribution in [3.63, 3.8) is 0 Å². The van der Waals surface area contributed by atoms with E-state index in [1.165, 1.54) is 24.4 Å². The molecule has 3 aromatic rings. The summed E-state index contributed by atoms with van der Waals surface area (Å²) in [5.74, 6) is -0.824. The van der Waals surface area contributed by atoms with Crippen LogP contribution >= 0.6 is 0 Å². The maximum Gasteiger partial charge on any atom is 0.337 e. The topological polar surface area (TPSA) is 78.9 Å². The van der Waals surface area contributed by atoms with Crippen molar-refractivity contribution < 1.29 is 14.3 Å². The van der Waals surface area contributed by atoms with Crippen LogP contribution in [0.25, 0.3) is 22.6 Å². The second kappa shape index (κ2) is 4.41. The predicted molar refractivity (Wildman–Crippen MR) is 71.0 cm³/mol. The lowest BCUT2D eigenvalue weighted by Crippen LogP contribution is -1.96. The van der Waals surface area contributed by atoms with E-state index in [1.807, 2.05) is 0 Å². The van der Waals surface area contributed by atoms with Gasteiger partial charge in [-0.2, -0.15) is 0 Å². The summed E-state index contributed by atoms with van der Waals surface area (Å²) in [6.45, 7) is 1.78. The minimum atomic E-state index is -1.05. The Kier molecular flexibility index (Phi) is 2.71. The minimum Gasteiger partial charge on any atom is -0.478 e. The predicted octanol–water partition coefficient (Wildman–Crippen LogP) is 2.77. The van der Waals surface area contributed by atoms with Crippen LogP contribution in [0.4, 0.5) is 4.39 Å². The van der Waals surface area contributed by atoms with E-state index in [-0.39, 0.29) is 11.4 Å². The Bertz CT molecular complexity index is 826. The highest BCUT2D eigenvalue weighted by Crippen LogP contribution is 2.23. The van der Waals surface area contributed by atoms with Crippen LogP contribution in [0.2, 0.25) is 0 Å². The van der Waals surface area contributed by atoms with Crippen molar-refractivity contribution in [3.8, 4) is 11.4 Å². The summed E-state index contributed by atoms with van der Waals surface area (Å²) in [7, 11) is 0. The molecule has 0 unspecified atom stereocenters. The second-order valence-corrected chi connectivity index (χ2v) is 4.44. The van der Waals surface area contributed by atoms with Crippen molar-refractivity contribution in [3.05, 3.63) is 47.4 Å². The first kappa shape index (κ1) is 12.3. The number of pyridine rings is 1. The van der Waals surface area contributed by atoms with E-state index in [2.05, 4.69) is 15.0 Å². The monoisotopic (exact) mass is 271 g/mol. The number of hydrogen-bond acceptors (Lipinski definition) is 3. The average molecular weight is 271 g/mol. The second-order valence-electron chi connectivity index (χ2n) is 4.44. The Morgan fingerprint density at radius 3 is 2.85 bits per heavy atom. The number of fused-ring (bicyclic) bond motifs is 1. The van der Waals surface area contributed by atoms with E-state index < -0.39 is 5.97 Å². The standard InChI is InChI=1S/C14H10FN3O2/c1-7-4-9(15)2-3-10(7)12-17-11-5-8(14(19)20)6-16-13(11)18-12/h2-6H,1H3,(H,19,20)(H,16,17,18). The van der Waals surface area contributed by atoms with Gasteiger partial charge in [-0.05, 0) is 36.8 Å². The third kappa shape index (κ3) is 2.01. The van der Waals surface area contributed by atoms with E-state index in [1.54, 1.807) is 13.0 Å². The van der Waals surface area contributed by atoms with Gasteiger partial charge in [-0.1, -0.05) is 0 Å². The van der Waals surface area contributed by atoms with Crippen LogP contribution in [0, 0.1) is 12.7 Å². The van der Waals surface area contributed by atoms with E-state index >= 15 is 0 Å². The number of aryl methyl sites for hydroxylation is 1. The molecule has 100 valence electrons. The number of benzene rings is 1. The first-order chi connectivity index (χ1) is 9.54. The van der Waals surface area contributed by atoms with Crippen LogP contribution < -0.4 is 0 Å². The molecule has 2 N–H and O–H groups in total. The molecule has 0 spiro atoms. The molecule has 6 heteroatoms. The molecule has 3 rings (SSSR count). The number of aromatic nitrogens is 3. The SMILES string of the molecule is Cc1cc(F)ccc1-c1nc2ncc(C(=O)O)cc2[nH]1. The number of nitrogens with one attached hydrogen (secondary N) is 1. The zero-order valence-corrected chi connectivity index (χ0v) is 10.5. The van der Waals surface area contributed by atoms with E-state index in [9.17, 15) is 9.18 Å². The third-order valence-electron chi connectivity index (χ3n) is 3.03. The lowest BCUT2D eigenvalue weighted by atomic mass is 10.1. The zero-order chi connectivity index (χ0) is 14.3. The van der Waals surface area contributed by atoms with Crippen molar-refractivity contribution in [2.45, 2.75) is 6.92 Å². The Hall–Kier alpha value is -2.76. The van der Waals surface area contributed by atoms with Crippen molar-refractivity contribution in [2.75, 3.05) is 0 Å². The van der Waals surface area contributed by atoms with Crippen LogP contribution in [-0.2, 0) is 0 Å². The van der Waals surface area contributed by atoms with Gasteiger partial charge in [0.25, 0.3) is 0 Å². The molecule has 20 heavy (non-hydrogen) atoms. The lowest BCUT2D eigenvalue weighted by Gasteiger charge is -2.01. The number of hydrogen-bond donors (Lipinski definition) is 2. The van der Waals surface area contributed by atoms with Crippen LogP contribution in [0.3, 0.4) is 0 Å². The Morgan fingerprint density at radius 1 is 1.35 bits per heavy atom. The molecule has 2 heterocycles. The Balaban J connectivity index is 2.15. The molecule has 5 nitrogen and oxygen atoms in total. The average Bonchev–Trinajstić information content (AvgIpc) is 2.80. The summed E-state index contributed by atoms with van der Waals surface area (Å²) in [5.41, 5.74) is 2.53. The van der Waals surface area contributed by atoms with E-state index in [0.29, 0.717) is 17.0 Å². The normalized spacial score (nSPS) is 10.9. The first-order valence-corrected chi connectivity index (χ1v) is 5.90. The molecule has 0 bridgehead atoms. The number of nitrogens with zero attached hydrogens (tertiary/aromatic N) is 2. The molecule has 1 aromatic carbocycles. The zero-order valence-electron chi connectivity index (χ0n) is 10.5. The fourth-order valence-corrected chi connectivity index (χ4v) is 2.04. The number of halogens is 1. The van der Waals surface area contributed by atoms with Crippen LogP contribution in [-0.4, -0.2) is 26.0 Å². The van der Waals surface area contributed by atoms with Gasteiger partial charge in [-0.15, -0.1) is 0 Å². The highest BCUT2D eigenvalue weighted by Gasteiger charge is 2.11. The summed E-state index contributed by atoms with van der Waals surface area (Å²) in [6.07, 6.45) is 1.26. The van der Waals surface area contributed by atoms with Gasteiger partial charge in [0.15, 0.2) is 5.65 Å². The highest BCUT2D eigenvalue weighted by atomic mass is 19.1. The molecule has 0 aliphatic rings. The maximum atomic E-state index is 13.1. The number of aromatic amines is 1. The fourth-order valence-electron chi connectivity index (χ4n) is 2.04. The summed E-state index contributed by atoms with van der Waals surface area (Å²) in [4.78, 5) is 22.2. The lowest BCUT2D eigenvalue weighted by molar-refractivity contribution is 0.0696. The number of carbonyl (C=O) groups is 1. The molecule has 0 aliphatic carbocycles. The Labute approximate surface area is 113 Å². The molecule has 0 saturated heterocycles. The number of carboxylic acids is 1. The van der Waals surface area contributed by atoms with E-state index in [4.69, 9.17) is 5.11 Å². The quantitative estimate of drug-likeness (QED) is 0.751. The third-order valence-corrected chi connectivity index (χ3v) is 3.03. The van der Waals surface area contributed by atoms with Gasteiger partial charge in [-0.3, -0.25) is 0 Å². The van der Waals surface area contributed by atoms with Crippen molar-refractivity contribution in [1.29, 1.82) is 0 Å². The summed E-state index contributed by atoms with van der Waals surface area (Å²) < 4.78 is 13.1. The molecule has 0 amide bonds. The van der Waals surface area contributed by atoms with E-state index in [0.717, 1.165) is 11.1 Å². The molecule has 0 radical (unpaired) electrons. The van der Waals surface area contributed by atoms with Crippen molar-refractivity contribution in [2.24, 2.45) is 0 Å². The molecule has 0 aliphatic heterocycles. The number of carboxylic acid groups (broad SMARTS) is 1. The molecule has 0 atom stereocenters.